The Labute approximate surface area is 143 Å². The van der Waals surface area contributed by atoms with Crippen molar-refractivity contribution in [2.45, 2.75) is 13.0 Å². The van der Waals surface area contributed by atoms with Gasteiger partial charge in [0.15, 0.2) is 0 Å². The molecule has 0 aliphatic carbocycles. The lowest BCUT2D eigenvalue weighted by atomic mass is 10.2. The fourth-order valence-electron chi connectivity index (χ4n) is 1.84. The summed E-state index contributed by atoms with van der Waals surface area (Å²) in [5.74, 6) is -0.626. The number of nitrogens with zero attached hydrogens (tertiary/aromatic N) is 3. The molecule has 2 aromatic rings. The second kappa shape index (κ2) is 7.90. The van der Waals surface area contributed by atoms with Gasteiger partial charge in [0.2, 0.25) is 5.82 Å². The summed E-state index contributed by atoms with van der Waals surface area (Å²) in [6, 6.07) is 6.82. The predicted molar refractivity (Wildman–Crippen MR) is 95.1 cm³/mol. The average Bonchev–Trinajstić information content (AvgIpc) is 2.57. The minimum Gasteiger partial charge on any atom is -0.378 e. The molecule has 1 atom stereocenters. The van der Waals surface area contributed by atoms with E-state index in [1.165, 1.54) is 13.1 Å². The van der Waals surface area contributed by atoms with Crippen LogP contribution in [0.1, 0.15) is 12.5 Å². The van der Waals surface area contributed by atoms with Gasteiger partial charge in [-0.3, -0.25) is 14.6 Å². The van der Waals surface area contributed by atoms with Crippen LogP contribution in [0.15, 0.2) is 39.0 Å². The third-order valence-corrected chi connectivity index (χ3v) is 3.26. The molecule has 10 heteroatoms. The first-order valence-corrected chi connectivity index (χ1v) is 7.42. The molecule has 1 amide bonds. The summed E-state index contributed by atoms with van der Waals surface area (Å²) < 4.78 is 0. The minimum absolute atomic E-state index is 0.162. The standard InChI is InChI=1S/C15H19N7O3/c1-9(17-12-14(24)18-15(25)21-19-12)13(23)20-16-8-10-4-6-11(7-5-10)22(2)3/h4-9H,1-3H3,(H,17,19)(H,20,23)(H2,18,21,24,25). The predicted octanol–water partition coefficient (Wildman–Crippen LogP) is -0.525. The lowest BCUT2D eigenvalue weighted by Gasteiger charge is -2.12. The maximum atomic E-state index is 12.0. The van der Waals surface area contributed by atoms with Crippen LogP contribution in [0.4, 0.5) is 11.5 Å². The number of hydrazone groups is 1. The van der Waals surface area contributed by atoms with Gasteiger partial charge >= 0.3 is 5.69 Å². The van der Waals surface area contributed by atoms with Crippen molar-refractivity contribution >= 4 is 23.6 Å². The highest BCUT2D eigenvalue weighted by molar-refractivity contribution is 5.86. The first kappa shape index (κ1) is 17.9. The quantitative estimate of drug-likeness (QED) is 0.411. The summed E-state index contributed by atoms with van der Waals surface area (Å²) in [6.07, 6.45) is 1.51. The van der Waals surface area contributed by atoms with Crippen molar-refractivity contribution in [3.05, 3.63) is 50.7 Å². The molecule has 4 N–H and O–H groups in total. The number of hydrogen-bond acceptors (Lipinski definition) is 7. The number of nitrogens with one attached hydrogen (secondary N) is 4. The van der Waals surface area contributed by atoms with E-state index in [4.69, 9.17) is 0 Å². The number of anilines is 2. The van der Waals surface area contributed by atoms with E-state index in [1.54, 1.807) is 0 Å². The van der Waals surface area contributed by atoms with Crippen LogP contribution in [-0.4, -0.2) is 47.4 Å². The fraction of sp³-hybridized carbons (Fsp3) is 0.267. The number of aromatic amines is 2. The third-order valence-electron chi connectivity index (χ3n) is 3.26. The van der Waals surface area contributed by atoms with E-state index in [0.29, 0.717) is 0 Å². The molecule has 0 aliphatic rings. The third kappa shape index (κ3) is 5.03. The van der Waals surface area contributed by atoms with E-state index in [1.807, 2.05) is 48.2 Å². The number of rotatable bonds is 6. The zero-order chi connectivity index (χ0) is 18.4. The first-order chi connectivity index (χ1) is 11.9. The summed E-state index contributed by atoms with van der Waals surface area (Å²) in [5, 5.41) is 12.1. The Bertz CT molecular complexity index is 868. The van der Waals surface area contributed by atoms with Gasteiger partial charge in [-0.25, -0.2) is 15.3 Å². The van der Waals surface area contributed by atoms with Crippen LogP contribution >= 0.6 is 0 Å². The Morgan fingerprint density at radius 3 is 2.56 bits per heavy atom. The highest BCUT2D eigenvalue weighted by Gasteiger charge is 2.14. The number of carbonyl (C=O) groups excluding carboxylic acids is 1. The van der Waals surface area contributed by atoms with Crippen molar-refractivity contribution in [3.8, 4) is 0 Å². The molecule has 1 heterocycles. The zero-order valence-corrected chi connectivity index (χ0v) is 14.0. The number of H-pyrrole nitrogens is 2. The van der Waals surface area contributed by atoms with Crippen LogP contribution in [0, 0.1) is 0 Å². The van der Waals surface area contributed by atoms with Crippen molar-refractivity contribution in [1.82, 2.24) is 20.6 Å². The van der Waals surface area contributed by atoms with Gasteiger partial charge in [0.1, 0.15) is 6.04 Å². The number of amides is 1. The normalized spacial score (nSPS) is 12.0. The molecule has 1 unspecified atom stereocenters. The zero-order valence-electron chi connectivity index (χ0n) is 14.0. The summed E-state index contributed by atoms with van der Waals surface area (Å²) in [5.41, 5.74) is 2.80. The average molecular weight is 345 g/mol. The van der Waals surface area contributed by atoms with E-state index in [0.717, 1.165) is 11.3 Å². The van der Waals surface area contributed by atoms with E-state index in [2.05, 4.69) is 26.0 Å². The van der Waals surface area contributed by atoms with Crippen LogP contribution < -0.4 is 26.9 Å². The molecule has 0 saturated carbocycles. The Kier molecular flexibility index (Phi) is 5.66. The smallest absolute Gasteiger partial charge is 0.342 e. The minimum atomic E-state index is -0.784. The number of benzene rings is 1. The van der Waals surface area contributed by atoms with E-state index in [9.17, 15) is 14.4 Å². The molecular weight excluding hydrogens is 326 g/mol. The Morgan fingerprint density at radius 1 is 1.28 bits per heavy atom. The highest BCUT2D eigenvalue weighted by atomic mass is 16.2. The van der Waals surface area contributed by atoms with Gasteiger partial charge in [-0.1, -0.05) is 12.1 Å². The molecule has 10 nitrogen and oxygen atoms in total. The Balaban J connectivity index is 1.92. The van der Waals surface area contributed by atoms with E-state index >= 15 is 0 Å². The van der Waals surface area contributed by atoms with Crippen molar-refractivity contribution < 1.29 is 4.79 Å². The molecule has 0 saturated heterocycles. The van der Waals surface area contributed by atoms with Gasteiger partial charge < -0.3 is 10.2 Å². The first-order valence-electron chi connectivity index (χ1n) is 7.42. The van der Waals surface area contributed by atoms with Crippen LogP contribution in [0.5, 0.6) is 0 Å². The van der Waals surface area contributed by atoms with Gasteiger partial charge in [0.25, 0.3) is 11.5 Å². The van der Waals surface area contributed by atoms with E-state index < -0.39 is 23.2 Å². The maximum absolute atomic E-state index is 12.0. The monoisotopic (exact) mass is 345 g/mol. The molecule has 1 aromatic carbocycles. The van der Waals surface area contributed by atoms with E-state index in [-0.39, 0.29) is 5.82 Å². The van der Waals surface area contributed by atoms with Gasteiger partial charge in [-0.05, 0) is 24.6 Å². The molecule has 25 heavy (non-hydrogen) atoms. The van der Waals surface area contributed by atoms with Crippen molar-refractivity contribution in [1.29, 1.82) is 0 Å². The molecule has 0 aliphatic heterocycles. The molecule has 0 radical (unpaired) electrons. The van der Waals surface area contributed by atoms with Gasteiger partial charge in [-0.2, -0.15) is 5.10 Å². The number of aromatic nitrogens is 3. The second-order valence-electron chi connectivity index (χ2n) is 5.44. The summed E-state index contributed by atoms with van der Waals surface area (Å²) in [4.78, 5) is 38.3. The van der Waals surface area contributed by atoms with Gasteiger partial charge in [0, 0.05) is 19.8 Å². The summed E-state index contributed by atoms with van der Waals surface area (Å²) in [7, 11) is 3.89. The largest absolute Gasteiger partial charge is 0.378 e. The molecule has 0 bridgehead atoms. The fourth-order valence-corrected chi connectivity index (χ4v) is 1.84. The molecule has 2 rings (SSSR count). The van der Waals surface area contributed by atoms with Crippen molar-refractivity contribution in [2.24, 2.45) is 5.10 Å². The SMILES string of the molecule is CC(Nc1n[nH]c(=O)[nH]c1=O)C(=O)NN=Cc1ccc(N(C)C)cc1. The van der Waals surface area contributed by atoms with Crippen LogP contribution in [-0.2, 0) is 4.79 Å². The van der Waals surface area contributed by atoms with Crippen molar-refractivity contribution in [3.63, 3.8) is 0 Å². The molecule has 132 valence electrons. The lowest BCUT2D eigenvalue weighted by Crippen LogP contribution is -2.38. The molecular formula is C15H19N7O3. The highest BCUT2D eigenvalue weighted by Crippen LogP contribution is 2.10. The number of hydrogen-bond donors (Lipinski definition) is 4. The molecule has 0 spiro atoms. The Hall–Kier alpha value is -3.43. The maximum Gasteiger partial charge on any atom is 0.342 e. The van der Waals surface area contributed by atoms with Gasteiger partial charge in [-0.15, -0.1) is 5.10 Å². The number of carbonyl (C=O) groups is 1. The van der Waals surface area contributed by atoms with Crippen LogP contribution in [0.2, 0.25) is 0 Å². The van der Waals surface area contributed by atoms with Crippen molar-refractivity contribution in [2.75, 3.05) is 24.3 Å². The molecule has 1 aromatic heterocycles. The topological polar surface area (TPSA) is 135 Å². The van der Waals surface area contributed by atoms with Crippen LogP contribution in [0.25, 0.3) is 0 Å². The summed E-state index contributed by atoms with van der Waals surface area (Å²) in [6.45, 7) is 1.53. The molecule has 0 fully saturated rings. The lowest BCUT2D eigenvalue weighted by molar-refractivity contribution is -0.121. The van der Waals surface area contributed by atoms with Crippen LogP contribution in [0.3, 0.4) is 0 Å². The Morgan fingerprint density at radius 2 is 1.96 bits per heavy atom. The summed E-state index contributed by atoms with van der Waals surface area (Å²) >= 11 is 0. The second-order valence-corrected chi connectivity index (χ2v) is 5.44. The van der Waals surface area contributed by atoms with Gasteiger partial charge in [0.05, 0.1) is 6.21 Å².